The van der Waals surface area contributed by atoms with E-state index in [0.717, 1.165) is 26.0 Å². The summed E-state index contributed by atoms with van der Waals surface area (Å²) in [6.07, 6.45) is 1.61. The predicted octanol–water partition coefficient (Wildman–Crippen LogP) is 4.92. The molecule has 1 N–H and O–H groups in total. The van der Waals surface area contributed by atoms with Gasteiger partial charge < -0.3 is 14.2 Å². The lowest BCUT2D eigenvalue weighted by Gasteiger charge is -2.14. The number of hydrogen-bond donors (Lipinski definition) is 1. The molecule has 1 heterocycles. The Labute approximate surface area is 211 Å². The van der Waals surface area contributed by atoms with Gasteiger partial charge in [-0.3, -0.25) is 5.43 Å². The minimum absolute atomic E-state index is 0.241. The number of nitrogens with one attached hydrogen (secondary N) is 1. The van der Waals surface area contributed by atoms with Crippen molar-refractivity contribution < 1.29 is 14.2 Å². The highest BCUT2D eigenvalue weighted by atomic mass is 127. The lowest BCUT2D eigenvalue weighted by Crippen LogP contribution is -2.04. The third kappa shape index (κ3) is 6.01. The molecule has 0 aliphatic rings. The molecule has 0 aliphatic heterocycles. The van der Waals surface area contributed by atoms with Gasteiger partial charge in [0, 0.05) is 23.9 Å². The average Bonchev–Trinajstić information content (AvgIpc) is 2.83. The summed E-state index contributed by atoms with van der Waals surface area (Å²) in [5, 5.41) is 23.1. The molecule has 0 spiro atoms. The quantitative estimate of drug-likeness (QED) is 0.222. The minimum atomic E-state index is 0.241. The van der Waals surface area contributed by atoms with E-state index in [1.165, 1.54) is 0 Å². The first-order valence-corrected chi connectivity index (χ1v) is 11.3. The van der Waals surface area contributed by atoms with Crippen molar-refractivity contribution in [1.82, 2.24) is 4.98 Å². The van der Waals surface area contributed by atoms with Crippen LogP contribution < -0.4 is 14.9 Å². The second-order valence-corrected chi connectivity index (χ2v) is 8.32. The van der Waals surface area contributed by atoms with Crippen molar-refractivity contribution >= 4 is 34.6 Å². The predicted molar refractivity (Wildman–Crippen MR) is 137 cm³/mol. The van der Waals surface area contributed by atoms with E-state index in [2.05, 4.69) is 50.2 Å². The maximum Gasteiger partial charge on any atom is 0.174 e. The van der Waals surface area contributed by atoms with Gasteiger partial charge in [-0.2, -0.15) is 15.6 Å². The van der Waals surface area contributed by atoms with Gasteiger partial charge >= 0.3 is 0 Å². The SMILES string of the molecule is COCc1cc(C)nc(N/N=C\c2cc(I)c(OCc3ccccc3C#N)c(OC)c2)c1C#N. The third-order valence-electron chi connectivity index (χ3n) is 4.79. The number of benzene rings is 2. The number of nitrogens with zero attached hydrogens (tertiary/aromatic N) is 4. The highest BCUT2D eigenvalue weighted by molar-refractivity contribution is 14.1. The second-order valence-electron chi connectivity index (χ2n) is 7.15. The number of aromatic nitrogens is 1. The molecule has 1 aromatic heterocycles. The van der Waals surface area contributed by atoms with Crippen LogP contribution in [0.3, 0.4) is 0 Å². The fourth-order valence-corrected chi connectivity index (χ4v) is 4.02. The van der Waals surface area contributed by atoms with E-state index < -0.39 is 0 Å². The van der Waals surface area contributed by atoms with Gasteiger partial charge in [0.2, 0.25) is 0 Å². The molecule has 2 aromatic carbocycles. The first-order valence-electron chi connectivity index (χ1n) is 10.2. The molecule has 8 nitrogen and oxygen atoms in total. The molecular formula is C25H22IN5O3. The third-order valence-corrected chi connectivity index (χ3v) is 5.59. The van der Waals surface area contributed by atoms with E-state index >= 15 is 0 Å². The van der Waals surface area contributed by atoms with Crippen molar-refractivity contribution in [3.63, 3.8) is 0 Å². The van der Waals surface area contributed by atoms with E-state index in [1.54, 1.807) is 32.6 Å². The molecule has 0 fully saturated rings. The fraction of sp³-hybridized carbons (Fsp3) is 0.200. The Morgan fingerprint density at radius 2 is 1.88 bits per heavy atom. The summed E-state index contributed by atoms with van der Waals surface area (Å²) in [6, 6.07) is 17.1. The second kappa shape index (κ2) is 12.0. The zero-order valence-corrected chi connectivity index (χ0v) is 21.1. The van der Waals surface area contributed by atoms with Crippen molar-refractivity contribution in [3.8, 4) is 23.6 Å². The minimum Gasteiger partial charge on any atom is -0.493 e. The lowest BCUT2D eigenvalue weighted by atomic mass is 10.1. The zero-order valence-electron chi connectivity index (χ0n) is 18.9. The van der Waals surface area contributed by atoms with Crippen molar-refractivity contribution in [2.45, 2.75) is 20.1 Å². The standard InChI is InChI=1S/C25H22IN5O3/c1-16-8-20(14-32-2)21(12-28)25(30-16)31-29-13-17-9-22(26)24(23(10-17)33-3)34-15-19-7-5-4-6-18(19)11-27/h4-10,13H,14-15H2,1-3H3,(H,30,31)/b29-13-. The van der Waals surface area contributed by atoms with Gasteiger partial charge in [0.05, 0.1) is 35.1 Å². The number of hydrazone groups is 1. The number of ether oxygens (including phenoxy) is 3. The van der Waals surface area contributed by atoms with Crippen LogP contribution in [-0.2, 0) is 18.0 Å². The molecule has 0 bridgehead atoms. The molecule has 0 unspecified atom stereocenters. The van der Waals surface area contributed by atoms with Gasteiger partial charge in [0.1, 0.15) is 18.2 Å². The van der Waals surface area contributed by atoms with Crippen LogP contribution in [0.2, 0.25) is 0 Å². The largest absolute Gasteiger partial charge is 0.493 e. The maximum atomic E-state index is 9.55. The monoisotopic (exact) mass is 567 g/mol. The normalized spacial score (nSPS) is 10.5. The average molecular weight is 567 g/mol. The molecule has 172 valence electrons. The first kappa shape index (κ1) is 25.0. The van der Waals surface area contributed by atoms with Crippen LogP contribution in [0.5, 0.6) is 11.5 Å². The number of pyridine rings is 1. The Balaban J connectivity index is 1.80. The summed E-state index contributed by atoms with van der Waals surface area (Å²) in [5.74, 6) is 1.48. The Hall–Kier alpha value is -3.67. The van der Waals surface area contributed by atoms with Crippen LogP contribution in [0, 0.1) is 33.2 Å². The van der Waals surface area contributed by atoms with Crippen molar-refractivity contribution in [2.24, 2.45) is 5.10 Å². The van der Waals surface area contributed by atoms with E-state index in [9.17, 15) is 10.5 Å². The van der Waals surface area contributed by atoms with E-state index in [0.29, 0.717) is 35.1 Å². The summed E-state index contributed by atoms with van der Waals surface area (Å²) in [6.45, 7) is 2.39. The maximum absolute atomic E-state index is 9.55. The van der Waals surface area contributed by atoms with Crippen LogP contribution >= 0.6 is 22.6 Å². The number of methoxy groups -OCH3 is 2. The molecule has 0 amide bonds. The lowest BCUT2D eigenvalue weighted by molar-refractivity contribution is 0.184. The Kier molecular flexibility index (Phi) is 8.79. The molecule has 0 atom stereocenters. The van der Waals surface area contributed by atoms with Crippen LogP contribution in [0.15, 0.2) is 47.6 Å². The molecule has 3 rings (SSSR count). The van der Waals surface area contributed by atoms with Crippen molar-refractivity contribution in [2.75, 3.05) is 19.6 Å². The van der Waals surface area contributed by atoms with Gasteiger partial charge in [0.15, 0.2) is 17.3 Å². The number of rotatable bonds is 9. The van der Waals surface area contributed by atoms with Gasteiger partial charge in [-0.05, 0) is 59.3 Å². The molecule has 0 saturated carbocycles. The number of anilines is 1. The van der Waals surface area contributed by atoms with Crippen molar-refractivity contribution in [3.05, 3.63) is 79.5 Å². The Morgan fingerprint density at radius 3 is 2.59 bits per heavy atom. The number of hydrogen-bond acceptors (Lipinski definition) is 8. The van der Waals surface area contributed by atoms with Crippen LogP contribution in [0.25, 0.3) is 0 Å². The topological polar surface area (TPSA) is 113 Å². The molecular weight excluding hydrogens is 545 g/mol. The van der Waals surface area contributed by atoms with E-state index in [-0.39, 0.29) is 6.61 Å². The molecule has 0 aliphatic carbocycles. The van der Waals surface area contributed by atoms with Gasteiger partial charge in [-0.25, -0.2) is 4.98 Å². The smallest absolute Gasteiger partial charge is 0.174 e. The van der Waals surface area contributed by atoms with Crippen LogP contribution in [0.4, 0.5) is 5.82 Å². The summed E-state index contributed by atoms with van der Waals surface area (Å²) in [7, 11) is 3.14. The van der Waals surface area contributed by atoms with E-state index in [4.69, 9.17) is 14.2 Å². The zero-order chi connectivity index (χ0) is 24.5. The molecule has 0 radical (unpaired) electrons. The number of nitriles is 2. The van der Waals surface area contributed by atoms with Gasteiger partial charge in [-0.15, -0.1) is 0 Å². The van der Waals surface area contributed by atoms with Gasteiger partial charge in [-0.1, -0.05) is 18.2 Å². The van der Waals surface area contributed by atoms with E-state index in [1.807, 2.05) is 37.3 Å². The molecule has 34 heavy (non-hydrogen) atoms. The Morgan fingerprint density at radius 1 is 1.09 bits per heavy atom. The first-order chi connectivity index (χ1) is 16.5. The molecule has 9 heteroatoms. The summed E-state index contributed by atoms with van der Waals surface area (Å²) >= 11 is 2.17. The van der Waals surface area contributed by atoms with Crippen LogP contribution in [-0.4, -0.2) is 25.4 Å². The summed E-state index contributed by atoms with van der Waals surface area (Å²) in [4.78, 5) is 4.38. The van der Waals surface area contributed by atoms with Gasteiger partial charge in [0.25, 0.3) is 0 Å². The fourth-order valence-electron chi connectivity index (χ4n) is 3.24. The van der Waals surface area contributed by atoms with Crippen LogP contribution in [0.1, 0.15) is 33.5 Å². The molecule has 3 aromatic rings. The number of aryl methyl sites for hydroxylation is 1. The Bertz CT molecular complexity index is 1290. The summed E-state index contributed by atoms with van der Waals surface area (Å²) in [5.41, 5.74) is 6.87. The highest BCUT2D eigenvalue weighted by Gasteiger charge is 2.13. The van der Waals surface area contributed by atoms with Crippen molar-refractivity contribution in [1.29, 1.82) is 10.5 Å². The molecule has 0 saturated heterocycles. The highest BCUT2D eigenvalue weighted by Crippen LogP contribution is 2.34. The number of halogens is 1. The summed E-state index contributed by atoms with van der Waals surface area (Å²) < 4.78 is 17.5.